The highest BCUT2D eigenvalue weighted by Gasteiger charge is 2.41. The summed E-state index contributed by atoms with van der Waals surface area (Å²) in [4.78, 5) is 13.7. The van der Waals surface area contributed by atoms with Crippen LogP contribution in [0.15, 0.2) is 52.2 Å². The van der Waals surface area contributed by atoms with Crippen molar-refractivity contribution in [3.05, 3.63) is 75.1 Å². The van der Waals surface area contributed by atoms with Gasteiger partial charge in [0.1, 0.15) is 0 Å². The number of nitrogens with zero attached hydrogens (tertiary/aromatic N) is 1. The fourth-order valence-corrected chi connectivity index (χ4v) is 5.17. The van der Waals surface area contributed by atoms with E-state index in [-0.39, 0.29) is 17.6 Å². The summed E-state index contributed by atoms with van der Waals surface area (Å²) < 4.78 is 22.3. The van der Waals surface area contributed by atoms with Crippen molar-refractivity contribution in [1.82, 2.24) is 5.16 Å². The van der Waals surface area contributed by atoms with Crippen molar-refractivity contribution >= 4 is 23.3 Å². The van der Waals surface area contributed by atoms with E-state index in [0.29, 0.717) is 41.0 Å². The molecule has 0 fully saturated rings. The summed E-state index contributed by atoms with van der Waals surface area (Å²) in [6.45, 7) is 1.88. The van der Waals surface area contributed by atoms with E-state index in [1.165, 1.54) is 0 Å². The highest BCUT2D eigenvalue weighted by molar-refractivity contribution is 6.30. The number of hydrogen-bond donors (Lipinski definition) is 1. The van der Waals surface area contributed by atoms with Crippen LogP contribution >= 0.6 is 11.6 Å². The molecule has 176 valence electrons. The molecule has 7 nitrogen and oxygen atoms in total. The number of methoxy groups -OCH3 is 3. The number of ether oxygens (including phenoxy) is 3. The lowest BCUT2D eigenvalue weighted by Gasteiger charge is -2.34. The van der Waals surface area contributed by atoms with Crippen molar-refractivity contribution in [2.24, 2.45) is 0 Å². The van der Waals surface area contributed by atoms with Crippen LogP contribution in [0.2, 0.25) is 5.02 Å². The number of fused-ring (bicyclic) bond motifs is 1. The van der Waals surface area contributed by atoms with Crippen LogP contribution in [-0.4, -0.2) is 32.3 Å². The number of ketones is 1. The number of rotatable bonds is 5. The average molecular weight is 481 g/mol. The molecule has 5 rings (SSSR count). The van der Waals surface area contributed by atoms with E-state index in [1.807, 2.05) is 43.3 Å². The number of Topliss-reactive ketones (excluding diaryl/α,β-unsaturated/α-hetero) is 1. The zero-order valence-corrected chi connectivity index (χ0v) is 20.2. The predicted molar refractivity (Wildman–Crippen MR) is 128 cm³/mol. The smallest absolute Gasteiger partial charge is 0.233 e. The zero-order valence-electron chi connectivity index (χ0n) is 19.4. The molecule has 1 aliphatic carbocycles. The van der Waals surface area contributed by atoms with Crippen LogP contribution in [0.25, 0.3) is 0 Å². The van der Waals surface area contributed by atoms with Gasteiger partial charge in [-0.25, -0.2) is 0 Å². The summed E-state index contributed by atoms with van der Waals surface area (Å²) in [7, 11) is 4.72. The van der Waals surface area contributed by atoms with E-state index in [4.69, 9.17) is 30.3 Å². The van der Waals surface area contributed by atoms with E-state index in [1.54, 1.807) is 21.3 Å². The molecule has 0 spiro atoms. The molecule has 0 amide bonds. The van der Waals surface area contributed by atoms with E-state index in [2.05, 4.69) is 10.5 Å². The summed E-state index contributed by atoms with van der Waals surface area (Å²) in [5.41, 5.74) is 5.05. The van der Waals surface area contributed by atoms with E-state index < -0.39 is 0 Å². The maximum atomic E-state index is 13.7. The van der Waals surface area contributed by atoms with Gasteiger partial charge < -0.3 is 24.1 Å². The minimum absolute atomic E-state index is 0.0437. The molecular formula is C26H25ClN2O5. The number of hydrogen-bond acceptors (Lipinski definition) is 7. The number of aromatic nitrogens is 1. The zero-order chi connectivity index (χ0) is 24.0. The first-order valence-electron chi connectivity index (χ1n) is 11.0. The molecule has 34 heavy (non-hydrogen) atoms. The molecular weight excluding hydrogens is 456 g/mol. The van der Waals surface area contributed by atoms with E-state index in [9.17, 15) is 4.79 Å². The van der Waals surface area contributed by atoms with Gasteiger partial charge in [0.15, 0.2) is 17.3 Å². The van der Waals surface area contributed by atoms with Crippen LogP contribution < -0.4 is 19.5 Å². The quantitative estimate of drug-likeness (QED) is 0.507. The molecule has 0 unspecified atom stereocenters. The van der Waals surface area contributed by atoms with Crippen LogP contribution in [0.4, 0.5) is 5.88 Å². The number of carbonyl (C=O) groups excluding carboxylic acids is 1. The van der Waals surface area contributed by atoms with Crippen LogP contribution in [0.1, 0.15) is 47.1 Å². The molecule has 0 radical (unpaired) electrons. The predicted octanol–water partition coefficient (Wildman–Crippen LogP) is 5.62. The number of nitrogens with one attached hydrogen (secondary N) is 1. The fraction of sp³-hybridized carbons (Fsp3) is 0.308. The summed E-state index contributed by atoms with van der Waals surface area (Å²) in [6.07, 6.45) is 1.07. The SMILES string of the molecule is COc1cc([C@@H]2C3=C(C[C@H](c4ccc(Cl)cc4)CC3=O)Nc3onc(C)c32)cc(OC)c1OC. The lowest BCUT2D eigenvalue weighted by Crippen LogP contribution is -2.29. The van der Waals surface area contributed by atoms with E-state index >= 15 is 0 Å². The summed E-state index contributed by atoms with van der Waals surface area (Å²) in [6, 6.07) is 11.4. The molecule has 8 heteroatoms. The Kier molecular flexibility index (Phi) is 5.73. The van der Waals surface area contributed by atoms with Crippen LogP contribution in [0, 0.1) is 6.92 Å². The summed E-state index contributed by atoms with van der Waals surface area (Å²) >= 11 is 6.07. The second-order valence-corrected chi connectivity index (χ2v) is 8.94. The third-order valence-electron chi connectivity index (χ3n) is 6.62. The second-order valence-electron chi connectivity index (χ2n) is 8.50. The first kappa shape index (κ1) is 22.3. The molecule has 1 aliphatic heterocycles. The third kappa shape index (κ3) is 3.60. The van der Waals surface area contributed by atoms with Crippen LogP contribution in [0.3, 0.4) is 0 Å². The Bertz CT molecular complexity index is 1270. The third-order valence-corrected chi connectivity index (χ3v) is 6.87. The largest absolute Gasteiger partial charge is 0.493 e. The maximum absolute atomic E-state index is 13.7. The van der Waals surface area contributed by atoms with E-state index in [0.717, 1.165) is 33.7 Å². The van der Waals surface area contributed by atoms with Gasteiger partial charge in [0.25, 0.3) is 0 Å². The van der Waals surface area contributed by atoms with Gasteiger partial charge in [0.05, 0.1) is 32.6 Å². The average Bonchev–Trinajstić information content (AvgIpc) is 3.22. The molecule has 2 aromatic carbocycles. The molecule has 0 saturated heterocycles. The number of carbonyl (C=O) groups is 1. The van der Waals surface area contributed by atoms with Gasteiger partial charge in [-0.05, 0) is 54.7 Å². The molecule has 2 atom stereocenters. The van der Waals surface area contributed by atoms with Crippen molar-refractivity contribution in [1.29, 1.82) is 0 Å². The van der Waals surface area contributed by atoms with Crippen molar-refractivity contribution in [3.63, 3.8) is 0 Å². The van der Waals surface area contributed by atoms with Gasteiger partial charge in [-0.15, -0.1) is 0 Å². The van der Waals surface area contributed by atoms with Gasteiger partial charge in [0, 0.05) is 28.6 Å². The number of benzene rings is 2. The second kappa shape index (κ2) is 8.72. The standard InChI is InChI=1S/C26H25ClN2O5/c1-13-22-23(16-11-20(31-2)25(33-4)21(12-16)32-3)24-18(28-26(22)34-29-13)9-15(10-19(24)30)14-5-7-17(27)8-6-14/h5-8,11-12,15,23,28H,9-10H2,1-4H3/t15-,23-/m0/s1. The molecule has 0 bridgehead atoms. The monoisotopic (exact) mass is 480 g/mol. The van der Waals surface area contributed by atoms with Crippen molar-refractivity contribution in [2.45, 2.75) is 31.6 Å². The molecule has 0 saturated carbocycles. The van der Waals surface area contributed by atoms with Gasteiger partial charge >= 0.3 is 0 Å². The van der Waals surface area contributed by atoms with Gasteiger partial charge in [-0.1, -0.05) is 28.9 Å². The topological polar surface area (TPSA) is 82.8 Å². The number of anilines is 1. The first-order valence-corrected chi connectivity index (χ1v) is 11.4. The Morgan fingerprint density at radius 1 is 1.00 bits per heavy atom. The normalized spacial score (nSPS) is 19.3. The Labute approximate surface area is 202 Å². The van der Waals surface area contributed by atoms with Gasteiger partial charge in [-0.2, -0.15) is 0 Å². The van der Waals surface area contributed by atoms with Gasteiger partial charge in [0.2, 0.25) is 11.6 Å². The molecule has 1 aromatic heterocycles. The Morgan fingerprint density at radius 2 is 1.68 bits per heavy atom. The first-order chi connectivity index (χ1) is 16.4. The Balaban J connectivity index is 1.65. The fourth-order valence-electron chi connectivity index (χ4n) is 5.04. The molecule has 2 aliphatic rings. The minimum Gasteiger partial charge on any atom is -0.493 e. The molecule has 1 N–H and O–H groups in total. The maximum Gasteiger partial charge on any atom is 0.233 e. The lowest BCUT2D eigenvalue weighted by molar-refractivity contribution is -0.116. The van der Waals surface area contributed by atoms with Crippen LogP contribution in [-0.2, 0) is 4.79 Å². The summed E-state index contributed by atoms with van der Waals surface area (Å²) in [5, 5.41) is 8.21. The van der Waals surface area contributed by atoms with Crippen molar-refractivity contribution in [3.8, 4) is 17.2 Å². The Hall–Kier alpha value is -3.45. The number of aryl methyl sites for hydroxylation is 1. The van der Waals surface area contributed by atoms with Crippen molar-refractivity contribution < 1.29 is 23.5 Å². The highest BCUT2D eigenvalue weighted by Crippen LogP contribution is 2.51. The van der Waals surface area contributed by atoms with Gasteiger partial charge in [-0.3, -0.25) is 4.79 Å². The number of allylic oxidation sites excluding steroid dienone is 2. The Morgan fingerprint density at radius 3 is 2.29 bits per heavy atom. The minimum atomic E-state index is -0.370. The molecule has 3 aromatic rings. The van der Waals surface area contributed by atoms with Crippen LogP contribution in [0.5, 0.6) is 17.2 Å². The molecule has 2 heterocycles. The summed E-state index contributed by atoms with van der Waals surface area (Å²) in [5.74, 6) is 1.85. The lowest BCUT2D eigenvalue weighted by atomic mass is 9.72. The number of halogens is 1. The highest BCUT2D eigenvalue weighted by atomic mass is 35.5. The van der Waals surface area contributed by atoms with Crippen molar-refractivity contribution in [2.75, 3.05) is 26.6 Å².